The quantitative estimate of drug-likeness (QED) is 0.697. The van der Waals surface area contributed by atoms with Crippen molar-refractivity contribution in [3.05, 3.63) is 29.8 Å². The fourth-order valence-electron chi connectivity index (χ4n) is 2.08. The van der Waals surface area contributed by atoms with Crippen LogP contribution in [0.15, 0.2) is 24.3 Å². The monoisotopic (exact) mass is 292 g/mol. The highest BCUT2D eigenvalue weighted by atomic mass is 16.5. The first-order valence-corrected chi connectivity index (χ1v) is 7.94. The van der Waals surface area contributed by atoms with Crippen LogP contribution in [0, 0.1) is 0 Å². The molecular weight excluding hydrogens is 264 g/mol. The van der Waals surface area contributed by atoms with Crippen molar-refractivity contribution in [3.63, 3.8) is 0 Å². The van der Waals surface area contributed by atoms with E-state index >= 15 is 0 Å². The number of amides is 1. The molecule has 21 heavy (non-hydrogen) atoms. The highest BCUT2D eigenvalue weighted by Crippen LogP contribution is 2.20. The molecule has 0 aliphatic carbocycles. The van der Waals surface area contributed by atoms with E-state index in [0.29, 0.717) is 12.6 Å². The average molecular weight is 292 g/mol. The van der Waals surface area contributed by atoms with Crippen molar-refractivity contribution < 1.29 is 9.53 Å². The summed E-state index contributed by atoms with van der Waals surface area (Å²) in [6, 6.07) is 8.37. The van der Waals surface area contributed by atoms with E-state index in [1.54, 1.807) is 0 Å². The topological polar surface area (TPSA) is 50.4 Å². The summed E-state index contributed by atoms with van der Waals surface area (Å²) >= 11 is 0. The second-order valence-corrected chi connectivity index (χ2v) is 5.12. The third kappa shape index (κ3) is 6.63. The Morgan fingerprint density at radius 2 is 1.76 bits per heavy atom. The van der Waals surface area contributed by atoms with Crippen molar-refractivity contribution >= 4 is 5.91 Å². The van der Waals surface area contributed by atoms with Crippen LogP contribution in [0.4, 0.5) is 0 Å². The van der Waals surface area contributed by atoms with Crippen LogP contribution < -0.4 is 15.4 Å². The molecule has 118 valence electrons. The van der Waals surface area contributed by atoms with Gasteiger partial charge in [-0.25, -0.2) is 0 Å². The third-order valence-electron chi connectivity index (χ3n) is 3.27. The van der Waals surface area contributed by atoms with Gasteiger partial charge >= 0.3 is 0 Å². The fourth-order valence-corrected chi connectivity index (χ4v) is 2.08. The molecule has 1 aromatic rings. The Balaban J connectivity index is 2.47. The van der Waals surface area contributed by atoms with E-state index in [9.17, 15) is 4.79 Å². The van der Waals surface area contributed by atoms with E-state index in [2.05, 4.69) is 36.6 Å². The predicted octanol–water partition coefficient (Wildman–Crippen LogP) is 3.04. The molecule has 0 radical (unpaired) electrons. The van der Waals surface area contributed by atoms with Gasteiger partial charge in [0, 0.05) is 12.6 Å². The molecule has 1 unspecified atom stereocenters. The second kappa shape index (κ2) is 10.2. The number of benzene rings is 1. The molecule has 2 N–H and O–H groups in total. The summed E-state index contributed by atoms with van der Waals surface area (Å²) in [5, 5.41) is 6.31. The summed E-state index contributed by atoms with van der Waals surface area (Å²) in [4.78, 5) is 11.5. The van der Waals surface area contributed by atoms with Gasteiger partial charge in [-0.05, 0) is 43.5 Å². The lowest BCUT2D eigenvalue weighted by molar-refractivity contribution is -0.123. The smallest absolute Gasteiger partial charge is 0.257 e. The van der Waals surface area contributed by atoms with Crippen molar-refractivity contribution in [1.82, 2.24) is 10.6 Å². The standard InChI is InChI=1S/C17H28N2O2/c1-4-11-18-16(6-3)14-7-9-15(10-8-14)21-13-17(20)19-12-5-2/h7-10,16,18H,4-6,11-13H2,1-3H3,(H,19,20). The van der Waals surface area contributed by atoms with E-state index < -0.39 is 0 Å². The van der Waals surface area contributed by atoms with E-state index in [-0.39, 0.29) is 12.5 Å². The first-order chi connectivity index (χ1) is 10.2. The minimum absolute atomic E-state index is 0.0722. The highest BCUT2D eigenvalue weighted by Gasteiger charge is 2.08. The minimum atomic E-state index is -0.0722. The number of carbonyl (C=O) groups excluding carboxylic acids is 1. The maximum Gasteiger partial charge on any atom is 0.257 e. The molecule has 0 saturated heterocycles. The molecule has 1 amide bonds. The third-order valence-corrected chi connectivity index (χ3v) is 3.27. The maximum absolute atomic E-state index is 11.5. The summed E-state index contributed by atoms with van der Waals surface area (Å²) in [5.74, 6) is 0.660. The molecule has 1 atom stereocenters. The van der Waals surface area contributed by atoms with E-state index in [0.717, 1.165) is 31.6 Å². The zero-order valence-corrected chi connectivity index (χ0v) is 13.4. The Kier molecular flexibility index (Phi) is 8.51. The molecule has 1 aromatic carbocycles. The molecule has 0 spiro atoms. The fraction of sp³-hybridized carbons (Fsp3) is 0.588. The van der Waals surface area contributed by atoms with Crippen molar-refractivity contribution in [1.29, 1.82) is 0 Å². The van der Waals surface area contributed by atoms with Crippen LogP contribution in [-0.2, 0) is 4.79 Å². The molecule has 0 aromatic heterocycles. The molecule has 0 fully saturated rings. The van der Waals surface area contributed by atoms with Crippen LogP contribution >= 0.6 is 0 Å². The second-order valence-electron chi connectivity index (χ2n) is 5.12. The Hall–Kier alpha value is -1.55. The van der Waals surface area contributed by atoms with Crippen molar-refractivity contribution in [2.24, 2.45) is 0 Å². The molecule has 0 heterocycles. The predicted molar refractivity (Wildman–Crippen MR) is 86.6 cm³/mol. The summed E-state index contributed by atoms with van der Waals surface area (Å²) in [7, 11) is 0. The molecular formula is C17H28N2O2. The van der Waals surface area contributed by atoms with Gasteiger partial charge in [-0.15, -0.1) is 0 Å². The van der Waals surface area contributed by atoms with Crippen LogP contribution in [0.5, 0.6) is 5.75 Å². The van der Waals surface area contributed by atoms with Crippen LogP contribution in [-0.4, -0.2) is 25.6 Å². The lowest BCUT2D eigenvalue weighted by Crippen LogP contribution is -2.29. The van der Waals surface area contributed by atoms with Gasteiger partial charge in [0.15, 0.2) is 6.61 Å². The Labute approximate surface area is 128 Å². The van der Waals surface area contributed by atoms with Gasteiger partial charge in [0.25, 0.3) is 5.91 Å². The molecule has 1 rings (SSSR count). The molecule has 4 nitrogen and oxygen atoms in total. The first kappa shape index (κ1) is 17.5. The van der Waals surface area contributed by atoms with Crippen LogP contribution in [0.25, 0.3) is 0 Å². The number of nitrogens with one attached hydrogen (secondary N) is 2. The number of hydrogen-bond donors (Lipinski definition) is 2. The molecule has 0 saturated carbocycles. The number of ether oxygens (including phenoxy) is 1. The van der Waals surface area contributed by atoms with Crippen molar-refractivity contribution in [2.45, 2.75) is 46.1 Å². The van der Waals surface area contributed by atoms with E-state index in [1.165, 1.54) is 5.56 Å². The zero-order chi connectivity index (χ0) is 15.5. The van der Waals surface area contributed by atoms with E-state index in [1.807, 2.05) is 19.1 Å². The van der Waals surface area contributed by atoms with Crippen LogP contribution in [0.2, 0.25) is 0 Å². The van der Waals surface area contributed by atoms with Gasteiger partial charge in [0.1, 0.15) is 5.75 Å². The summed E-state index contributed by atoms with van der Waals surface area (Å²) in [6.07, 6.45) is 3.12. The highest BCUT2D eigenvalue weighted by molar-refractivity contribution is 5.77. The number of carbonyl (C=O) groups is 1. The average Bonchev–Trinajstić information content (AvgIpc) is 2.52. The van der Waals surface area contributed by atoms with Gasteiger partial charge in [0.2, 0.25) is 0 Å². The first-order valence-electron chi connectivity index (χ1n) is 7.94. The van der Waals surface area contributed by atoms with Gasteiger partial charge in [0.05, 0.1) is 0 Å². The van der Waals surface area contributed by atoms with Gasteiger partial charge in [-0.1, -0.05) is 32.9 Å². The molecule has 0 aliphatic rings. The number of rotatable bonds is 10. The van der Waals surface area contributed by atoms with Gasteiger partial charge in [-0.2, -0.15) is 0 Å². The largest absolute Gasteiger partial charge is 0.484 e. The summed E-state index contributed by atoms with van der Waals surface area (Å²) in [6.45, 7) is 8.16. The van der Waals surface area contributed by atoms with Gasteiger partial charge in [-0.3, -0.25) is 4.79 Å². The van der Waals surface area contributed by atoms with Crippen molar-refractivity contribution in [2.75, 3.05) is 19.7 Å². The Bertz CT molecular complexity index is 404. The maximum atomic E-state index is 11.5. The van der Waals surface area contributed by atoms with Gasteiger partial charge < -0.3 is 15.4 Å². The molecule has 4 heteroatoms. The Morgan fingerprint density at radius 3 is 2.33 bits per heavy atom. The zero-order valence-electron chi connectivity index (χ0n) is 13.4. The summed E-state index contributed by atoms with van der Waals surface area (Å²) in [5.41, 5.74) is 1.26. The van der Waals surface area contributed by atoms with Crippen molar-refractivity contribution in [3.8, 4) is 5.75 Å². The minimum Gasteiger partial charge on any atom is -0.484 e. The summed E-state index contributed by atoms with van der Waals surface area (Å²) < 4.78 is 5.48. The van der Waals surface area contributed by atoms with E-state index in [4.69, 9.17) is 4.74 Å². The lowest BCUT2D eigenvalue weighted by Gasteiger charge is -2.17. The lowest BCUT2D eigenvalue weighted by atomic mass is 10.0. The SMILES string of the molecule is CCCNC(=O)COc1ccc(C(CC)NCCC)cc1. The normalized spacial score (nSPS) is 12.0. The Morgan fingerprint density at radius 1 is 1.10 bits per heavy atom. The number of hydrogen-bond acceptors (Lipinski definition) is 3. The molecule has 0 bridgehead atoms. The van der Waals surface area contributed by atoms with Crippen LogP contribution in [0.1, 0.15) is 51.6 Å². The van der Waals surface area contributed by atoms with Crippen LogP contribution in [0.3, 0.4) is 0 Å². The molecule has 0 aliphatic heterocycles.